The fraction of sp³-hybridized carbons (Fsp3) is 0.389. The monoisotopic (exact) mass is 525 g/mol. The highest BCUT2D eigenvalue weighted by molar-refractivity contribution is 8.34. The molecule has 33 heavy (non-hydrogen) atoms. The van der Waals surface area contributed by atoms with E-state index in [4.69, 9.17) is 0 Å². The van der Waals surface area contributed by atoms with E-state index in [0.29, 0.717) is 0 Å². The Bertz CT molecular complexity index is 1230. The molecule has 182 valence electrons. The van der Waals surface area contributed by atoms with E-state index in [9.17, 15) is 53.2 Å². The predicted octanol–water partition coefficient (Wildman–Crippen LogP) is 5.97. The summed E-state index contributed by atoms with van der Waals surface area (Å²) in [7, 11) is -10.3. The summed E-state index contributed by atoms with van der Waals surface area (Å²) in [6, 6.07) is 9.96. The van der Waals surface area contributed by atoms with Gasteiger partial charge in [-0.3, -0.25) is 0 Å². The molecule has 0 bridgehead atoms. The van der Waals surface area contributed by atoms with Gasteiger partial charge < -0.3 is 0 Å². The van der Waals surface area contributed by atoms with Crippen LogP contribution in [0.5, 0.6) is 0 Å². The van der Waals surface area contributed by atoms with Crippen LogP contribution in [0.2, 0.25) is 0 Å². The van der Waals surface area contributed by atoms with Gasteiger partial charge in [0.25, 0.3) is 0 Å². The highest BCUT2D eigenvalue weighted by Gasteiger charge is 2.86. The third kappa shape index (κ3) is 3.62. The fourth-order valence-corrected chi connectivity index (χ4v) is 8.30. The van der Waals surface area contributed by atoms with Crippen molar-refractivity contribution < 1.29 is 51.6 Å². The molecule has 2 aromatic rings. The lowest BCUT2D eigenvalue weighted by molar-refractivity contribution is -0.382. The van der Waals surface area contributed by atoms with E-state index in [1.165, 1.54) is 30.3 Å². The van der Waals surface area contributed by atoms with Crippen molar-refractivity contribution in [2.24, 2.45) is 0 Å². The average Bonchev–Trinajstić information content (AvgIpc) is 2.68. The number of hydrogen-bond acceptors (Lipinski definition) is 4. The maximum Gasteiger partial charge on any atom is 0.460 e. The Hall–Kier alpha value is -2.18. The van der Waals surface area contributed by atoms with Crippen molar-refractivity contribution in [1.29, 1.82) is 5.26 Å². The molecule has 1 aliphatic rings. The molecular weight excluding hydrogens is 513 g/mol. The molecule has 15 heteroatoms. The summed E-state index contributed by atoms with van der Waals surface area (Å²) in [5, 5.41) is 2.70. The minimum absolute atomic E-state index is 0.0476. The molecule has 0 atom stereocenters. The summed E-state index contributed by atoms with van der Waals surface area (Å²) >= 11 is 0. The zero-order valence-corrected chi connectivity index (χ0v) is 17.6. The third-order valence-electron chi connectivity index (χ3n) is 5.00. The lowest BCUT2D eigenvalue weighted by Crippen LogP contribution is -2.63. The van der Waals surface area contributed by atoms with Crippen molar-refractivity contribution in [3.63, 3.8) is 0 Å². The largest absolute Gasteiger partial charge is 0.460 e. The maximum atomic E-state index is 14.2. The molecule has 2 aromatic carbocycles. The number of hydrogen-bond donors (Lipinski definition) is 0. The highest BCUT2D eigenvalue weighted by atomic mass is 32.3. The lowest BCUT2D eigenvalue weighted by atomic mass is 10.1. The molecule has 0 saturated carbocycles. The van der Waals surface area contributed by atoms with Crippen molar-refractivity contribution in [2.75, 3.05) is 11.5 Å². The van der Waals surface area contributed by atoms with Crippen LogP contribution < -0.4 is 0 Å². The van der Waals surface area contributed by atoms with Crippen molar-refractivity contribution >= 4 is 31.2 Å². The number of rotatable bonds is 6. The van der Waals surface area contributed by atoms with E-state index in [1.807, 2.05) is 6.07 Å². The molecule has 0 amide bonds. The van der Waals surface area contributed by atoms with E-state index in [0.717, 1.165) is 6.07 Å². The van der Waals surface area contributed by atoms with Crippen molar-refractivity contribution in [1.82, 2.24) is 0 Å². The summed E-state index contributed by atoms with van der Waals surface area (Å²) in [5.41, 5.74) is 0.104. The molecule has 1 fully saturated rings. The Morgan fingerprint density at radius 2 is 1.39 bits per heavy atom. The lowest BCUT2D eigenvalue weighted by Gasteiger charge is -2.47. The number of nitrogens with zero attached hydrogens (tertiary/aromatic N) is 1. The van der Waals surface area contributed by atoms with Gasteiger partial charge in [0, 0.05) is 21.8 Å². The smallest absolute Gasteiger partial charge is 0.211 e. The van der Waals surface area contributed by atoms with Gasteiger partial charge in [-0.25, -0.2) is 3.63 Å². The molecule has 0 aromatic heterocycles. The van der Waals surface area contributed by atoms with E-state index in [2.05, 4.69) is 3.63 Å². The van der Waals surface area contributed by atoms with Crippen LogP contribution in [0.25, 0.3) is 10.8 Å². The summed E-state index contributed by atoms with van der Waals surface area (Å²) in [6.07, 6.45) is -6.99. The van der Waals surface area contributed by atoms with Crippen LogP contribution in [0.1, 0.15) is 12.0 Å². The molecule has 0 aliphatic carbocycles. The summed E-state index contributed by atoms with van der Waals surface area (Å²) in [4.78, 5) is -0.0476. The quantitative estimate of drug-likeness (QED) is 0.437. The second-order valence-corrected chi connectivity index (χ2v) is 11.9. The Labute approximate surface area is 182 Å². The normalized spacial score (nSPS) is 18.4. The standard InChI is InChI=1S/C18H12F9NO3S2/c19-15(20,17(23,24)25)16(21,22)18(26,27)33(29,30)31-32(8-3-9-32)14-7-6-11(10-28)12-4-1-2-5-13(12)14/h1-2,4-7H,3,8-9H2. The van der Waals surface area contributed by atoms with Crippen LogP contribution in [-0.2, 0) is 13.7 Å². The Kier molecular flexibility index (Phi) is 5.91. The van der Waals surface area contributed by atoms with E-state index >= 15 is 0 Å². The van der Waals surface area contributed by atoms with Crippen molar-refractivity contribution in [3.05, 3.63) is 42.0 Å². The van der Waals surface area contributed by atoms with E-state index in [1.54, 1.807) is 0 Å². The van der Waals surface area contributed by atoms with Crippen LogP contribution in [0.3, 0.4) is 0 Å². The summed E-state index contributed by atoms with van der Waals surface area (Å²) < 4.78 is 148. The Morgan fingerprint density at radius 1 is 0.848 bits per heavy atom. The van der Waals surface area contributed by atoms with Gasteiger partial charge in [0.1, 0.15) is 0 Å². The first kappa shape index (κ1) is 25.4. The average molecular weight is 525 g/mol. The zero-order valence-electron chi connectivity index (χ0n) is 16.0. The molecule has 3 rings (SSSR count). The van der Waals surface area contributed by atoms with Gasteiger partial charge in [0.15, 0.2) is 0 Å². The predicted molar refractivity (Wildman–Crippen MR) is 99.8 cm³/mol. The molecule has 0 N–H and O–H groups in total. The topological polar surface area (TPSA) is 67.2 Å². The van der Waals surface area contributed by atoms with Gasteiger partial charge in [-0.2, -0.15) is 53.2 Å². The summed E-state index contributed by atoms with van der Waals surface area (Å²) in [6.45, 7) is 0. The number of fused-ring (bicyclic) bond motifs is 1. The van der Waals surface area contributed by atoms with Gasteiger partial charge in [-0.1, -0.05) is 34.6 Å². The van der Waals surface area contributed by atoms with Crippen LogP contribution in [0.4, 0.5) is 39.5 Å². The molecule has 1 aliphatic heterocycles. The second-order valence-electron chi connectivity index (χ2n) is 7.03. The first-order chi connectivity index (χ1) is 15.0. The van der Waals surface area contributed by atoms with Crippen molar-refractivity contribution in [2.45, 2.75) is 34.6 Å². The van der Waals surface area contributed by atoms with Crippen LogP contribution in [0.15, 0.2) is 41.3 Å². The molecular formula is C18H12F9NO3S2. The SMILES string of the molecule is N#Cc1ccc(S2(OS(=O)(=O)C(F)(F)C(F)(F)C(F)(F)C(F)(F)F)CCC2)c2ccccc12. The first-order valence-corrected chi connectivity index (χ1v) is 12.1. The van der Waals surface area contributed by atoms with Crippen molar-refractivity contribution in [3.8, 4) is 6.07 Å². The zero-order chi connectivity index (χ0) is 25.1. The molecule has 1 heterocycles. The van der Waals surface area contributed by atoms with Gasteiger partial charge in [-0.05, 0) is 23.9 Å². The minimum atomic E-state index is -7.37. The van der Waals surface area contributed by atoms with Crippen LogP contribution in [0, 0.1) is 11.3 Å². The van der Waals surface area contributed by atoms with Gasteiger partial charge in [0.05, 0.1) is 11.6 Å². The van der Waals surface area contributed by atoms with Crippen LogP contribution >= 0.6 is 10.3 Å². The first-order valence-electron chi connectivity index (χ1n) is 8.81. The Morgan fingerprint density at radius 3 is 1.85 bits per heavy atom. The maximum absolute atomic E-state index is 14.2. The van der Waals surface area contributed by atoms with Crippen LogP contribution in [-0.4, -0.2) is 43.2 Å². The number of benzene rings is 2. The fourth-order valence-electron chi connectivity index (χ4n) is 3.16. The molecule has 4 nitrogen and oxygen atoms in total. The van der Waals surface area contributed by atoms with Gasteiger partial charge >= 0.3 is 33.4 Å². The molecule has 1 saturated heterocycles. The molecule has 0 unspecified atom stereocenters. The third-order valence-corrected chi connectivity index (χ3v) is 10.7. The minimum Gasteiger partial charge on any atom is -0.211 e. The highest BCUT2D eigenvalue weighted by Crippen LogP contribution is 2.68. The number of alkyl halides is 9. The van der Waals surface area contributed by atoms with E-state index < -0.39 is 43.7 Å². The molecule has 0 spiro atoms. The second kappa shape index (κ2) is 7.67. The van der Waals surface area contributed by atoms with E-state index in [-0.39, 0.29) is 39.2 Å². The number of nitriles is 1. The summed E-state index contributed by atoms with van der Waals surface area (Å²) in [5.74, 6) is -15.3. The van der Waals surface area contributed by atoms with Gasteiger partial charge in [-0.15, -0.1) is 0 Å². The number of halogens is 9. The Balaban J connectivity index is 2.12. The molecule has 0 radical (unpaired) electrons. The van der Waals surface area contributed by atoms with Gasteiger partial charge in [0.2, 0.25) is 0 Å².